The van der Waals surface area contributed by atoms with Gasteiger partial charge in [-0.25, -0.2) is 9.78 Å². The number of methoxy groups -OCH3 is 1. The predicted octanol–water partition coefficient (Wildman–Crippen LogP) is 1.99. The zero-order valence-corrected chi connectivity index (χ0v) is 11.8. The van der Waals surface area contributed by atoms with Crippen LogP contribution in [0, 0.1) is 5.92 Å². The molecule has 5 nitrogen and oxygen atoms in total. The molecule has 2 heterocycles. The van der Waals surface area contributed by atoms with Crippen LogP contribution in [0.5, 0.6) is 0 Å². The van der Waals surface area contributed by atoms with Gasteiger partial charge in [0.15, 0.2) is 5.69 Å². The van der Waals surface area contributed by atoms with E-state index in [0.717, 1.165) is 25.4 Å². The van der Waals surface area contributed by atoms with Crippen molar-refractivity contribution >= 4 is 23.3 Å². The number of hydrogen-bond acceptors (Lipinski definition) is 5. The van der Waals surface area contributed by atoms with Crippen LogP contribution in [0.3, 0.4) is 0 Å². The van der Waals surface area contributed by atoms with Gasteiger partial charge in [-0.05, 0) is 18.1 Å². The number of carbonyl (C=O) groups excluding carboxylic acids is 1. The highest BCUT2D eigenvalue weighted by atomic mass is 35.5. The molecule has 1 unspecified atom stereocenters. The third kappa shape index (κ3) is 3.36. The van der Waals surface area contributed by atoms with Crippen LogP contribution in [0.4, 0.5) is 5.69 Å². The molecule has 19 heavy (non-hydrogen) atoms. The number of carbonyl (C=O) groups is 1. The summed E-state index contributed by atoms with van der Waals surface area (Å²) in [7, 11) is 1.34. The Kier molecular flexibility index (Phi) is 4.61. The van der Waals surface area contributed by atoms with E-state index in [1.165, 1.54) is 7.11 Å². The highest BCUT2D eigenvalue weighted by molar-refractivity contribution is 6.29. The van der Waals surface area contributed by atoms with Crippen LogP contribution < -0.4 is 4.90 Å². The van der Waals surface area contributed by atoms with Crippen LogP contribution in [0.25, 0.3) is 0 Å². The quantitative estimate of drug-likeness (QED) is 0.614. The summed E-state index contributed by atoms with van der Waals surface area (Å²) in [6.45, 7) is 5.00. The molecule has 1 aromatic heterocycles. The van der Waals surface area contributed by atoms with E-state index in [-0.39, 0.29) is 10.8 Å². The maximum atomic E-state index is 11.8. The third-order valence-corrected chi connectivity index (χ3v) is 3.21. The summed E-state index contributed by atoms with van der Waals surface area (Å²) in [5.41, 5.74) is 0.998. The van der Waals surface area contributed by atoms with Crippen molar-refractivity contribution in [3.63, 3.8) is 0 Å². The molecule has 0 radical (unpaired) electrons. The van der Waals surface area contributed by atoms with Gasteiger partial charge in [0.2, 0.25) is 0 Å². The minimum Gasteiger partial charge on any atom is -0.464 e. The molecule has 2 rings (SSSR count). The highest BCUT2D eigenvalue weighted by Gasteiger charge is 2.22. The van der Waals surface area contributed by atoms with Crippen LogP contribution in [-0.4, -0.2) is 44.4 Å². The van der Waals surface area contributed by atoms with Crippen molar-refractivity contribution in [3.8, 4) is 0 Å². The Labute approximate surface area is 117 Å². The Morgan fingerprint density at radius 1 is 1.58 bits per heavy atom. The van der Waals surface area contributed by atoms with Crippen LogP contribution in [0.1, 0.15) is 17.4 Å². The monoisotopic (exact) mass is 284 g/mol. The Morgan fingerprint density at radius 3 is 3.11 bits per heavy atom. The Hall–Kier alpha value is -1.33. The van der Waals surface area contributed by atoms with E-state index in [2.05, 4.69) is 16.8 Å². The molecule has 1 saturated heterocycles. The second kappa shape index (κ2) is 6.21. The normalized spacial score (nSPS) is 19.9. The molecule has 1 aliphatic heterocycles. The molecule has 1 aliphatic rings. The Morgan fingerprint density at radius 2 is 2.37 bits per heavy atom. The highest BCUT2D eigenvalue weighted by Crippen LogP contribution is 2.24. The van der Waals surface area contributed by atoms with E-state index in [4.69, 9.17) is 21.1 Å². The SMILES string of the molecule is COC(=O)c1nc(Cl)ccc1N1CCOCC(C)C1. The molecule has 104 valence electrons. The zero-order valence-electron chi connectivity index (χ0n) is 11.1. The molecule has 0 spiro atoms. The van der Waals surface area contributed by atoms with Crippen molar-refractivity contribution in [2.24, 2.45) is 5.92 Å². The maximum absolute atomic E-state index is 11.8. The molecule has 1 fully saturated rings. The molecule has 1 aromatic rings. The Balaban J connectivity index is 2.34. The number of aromatic nitrogens is 1. The smallest absolute Gasteiger partial charge is 0.358 e. The first-order valence-electron chi connectivity index (χ1n) is 6.19. The standard InChI is InChI=1S/C13H17ClN2O3/c1-9-7-16(5-6-19-8-9)10-3-4-11(14)15-12(10)13(17)18-2/h3-4,9H,5-8H2,1-2H3. The molecule has 0 aromatic carbocycles. The predicted molar refractivity (Wildman–Crippen MR) is 72.8 cm³/mol. The summed E-state index contributed by atoms with van der Waals surface area (Å²) in [6, 6.07) is 3.49. The summed E-state index contributed by atoms with van der Waals surface area (Å²) < 4.78 is 10.3. The van der Waals surface area contributed by atoms with E-state index in [0.29, 0.717) is 12.5 Å². The fourth-order valence-electron chi connectivity index (χ4n) is 2.13. The number of pyridine rings is 1. The average molecular weight is 285 g/mol. The second-order valence-electron chi connectivity index (χ2n) is 4.62. The lowest BCUT2D eigenvalue weighted by Gasteiger charge is -2.25. The number of esters is 1. The van der Waals surface area contributed by atoms with E-state index in [1.54, 1.807) is 12.1 Å². The molecule has 0 N–H and O–H groups in total. The van der Waals surface area contributed by atoms with Gasteiger partial charge in [-0.3, -0.25) is 0 Å². The Bertz CT molecular complexity index is 467. The minimum atomic E-state index is -0.477. The van der Waals surface area contributed by atoms with Gasteiger partial charge < -0.3 is 14.4 Å². The van der Waals surface area contributed by atoms with Crippen LogP contribution in [0.15, 0.2) is 12.1 Å². The summed E-state index contributed by atoms with van der Waals surface area (Å²) in [6.07, 6.45) is 0. The lowest BCUT2D eigenvalue weighted by molar-refractivity contribution is 0.0594. The summed E-state index contributed by atoms with van der Waals surface area (Å²) >= 11 is 5.86. The molecular weight excluding hydrogens is 268 g/mol. The molecule has 0 aliphatic carbocycles. The van der Waals surface area contributed by atoms with Gasteiger partial charge in [0.1, 0.15) is 5.15 Å². The molecule has 1 atom stereocenters. The number of ether oxygens (including phenoxy) is 2. The summed E-state index contributed by atoms with van der Waals surface area (Å²) in [5.74, 6) is -0.0843. The fraction of sp³-hybridized carbons (Fsp3) is 0.538. The third-order valence-electron chi connectivity index (χ3n) is 3.00. The number of hydrogen-bond donors (Lipinski definition) is 0. The van der Waals surface area contributed by atoms with Gasteiger partial charge >= 0.3 is 5.97 Å². The van der Waals surface area contributed by atoms with Crippen molar-refractivity contribution in [1.29, 1.82) is 0 Å². The maximum Gasteiger partial charge on any atom is 0.358 e. The lowest BCUT2D eigenvalue weighted by atomic mass is 10.1. The minimum absolute atomic E-state index is 0.254. The number of nitrogens with zero attached hydrogens (tertiary/aromatic N) is 2. The summed E-state index contributed by atoms with van der Waals surface area (Å²) in [4.78, 5) is 18.0. The lowest BCUT2D eigenvalue weighted by Crippen LogP contribution is -2.31. The topological polar surface area (TPSA) is 51.7 Å². The van der Waals surface area contributed by atoms with Gasteiger partial charge in [-0.15, -0.1) is 0 Å². The second-order valence-corrected chi connectivity index (χ2v) is 5.01. The number of halogens is 1. The van der Waals surface area contributed by atoms with Crippen molar-refractivity contribution in [3.05, 3.63) is 23.0 Å². The van der Waals surface area contributed by atoms with E-state index in [9.17, 15) is 4.79 Å². The van der Waals surface area contributed by atoms with Gasteiger partial charge in [0.25, 0.3) is 0 Å². The van der Waals surface area contributed by atoms with Crippen molar-refractivity contribution in [2.75, 3.05) is 38.3 Å². The first kappa shape index (κ1) is 14.1. The largest absolute Gasteiger partial charge is 0.464 e. The number of anilines is 1. The van der Waals surface area contributed by atoms with Gasteiger partial charge in [-0.2, -0.15) is 0 Å². The average Bonchev–Trinajstić information content (AvgIpc) is 2.62. The first-order valence-corrected chi connectivity index (χ1v) is 6.57. The van der Waals surface area contributed by atoms with E-state index >= 15 is 0 Å². The van der Waals surface area contributed by atoms with Crippen LogP contribution >= 0.6 is 11.6 Å². The van der Waals surface area contributed by atoms with E-state index < -0.39 is 5.97 Å². The molecular formula is C13H17ClN2O3. The zero-order chi connectivity index (χ0) is 13.8. The van der Waals surface area contributed by atoms with Crippen molar-refractivity contribution in [1.82, 2.24) is 4.98 Å². The van der Waals surface area contributed by atoms with Gasteiger partial charge in [-0.1, -0.05) is 18.5 Å². The summed E-state index contributed by atoms with van der Waals surface area (Å²) in [5, 5.41) is 0.281. The van der Waals surface area contributed by atoms with Crippen molar-refractivity contribution in [2.45, 2.75) is 6.92 Å². The van der Waals surface area contributed by atoms with E-state index in [1.807, 2.05) is 0 Å². The van der Waals surface area contributed by atoms with Crippen molar-refractivity contribution < 1.29 is 14.3 Å². The first-order chi connectivity index (χ1) is 9.11. The fourth-order valence-corrected chi connectivity index (χ4v) is 2.28. The van der Waals surface area contributed by atoms with Crippen LogP contribution in [0.2, 0.25) is 5.15 Å². The van der Waals surface area contributed by atoms with Gasteiger partial charge in [0.05, 0.1) is 26.0 Å². The molecule has 0 saturated carbocycles. The molecule has 0 bridgehead atoms. The number of rotatable bonds is 2. The van der Waals surface area contributed by atoms with Crippen LogP contribution in [-0.2, 0) is 9.47 Å². The molecule has 6 heteroatoms. The molecule has 0 amide bonds. The van der Waals surface area contributed by atoms with Gasteiger partial charge in [0, 0.05) is 13.1 Å².